The van der Waals surface area contributed by atoms with Crippen LogP contribution in [0.5, 0.6) is 5.75 Å². The van der Waals surface area contributed by atoms with E-state index in [9.17, 15) is 4.39 Å². The number of nitrogens with one attached hydrogen (secondary N) is 2. The van der Waals surface area contributed by atoms with E-state index < -0.39 is 5.82 Å². The van der Waals surface area contributed by atoms with Crippen LogP contribution in [0.25, 0.3) is 11.2 Å². The lowest BCUT2D eigenvalue weighted by atomic mass is 10.1. The summed E-state index contributed by atoms with van der Waals surface area (Å²) >= 11 is 0. The average molecular weight is 287 g/mol. The summed E-state index contributed by atoms with van der Waals surface area (Å²) in [4.78, 5) is 15.3. The van der Waals surface area contributed by atoms with E-state index in [1.165, 1.54) is 19.5 Å². The quantitative estimate of drug-likeness (QED) is 0.771. The minimum atomic E-state index is -0.391. The summed E-state index contributed by atoms with van der Waals surface area (Å²) in [6.07, 6.45) is 3.00. The molecule has 2 aromatic heterocycles. The highest BCUT2D eigenvalue weighted by Gasteiger charge is 2.12. The zero-order valence-corrected chi connectivity index (χ0v) is 11.6. The van der Waals surface area contributed by atoms with Gasteiger partial charge in [-0.3, -0.25) is 0 Å². The van der Waals surface area contributed by atoms with Crippen LogP contribution >= 0.6 is 0 Å². The van der Waals surface area contributed by atoms with E-state index in [0.717, 1.165) is 11.1 Å². The number of rotatable bonds is 4. The highest BCUT2D eigenvalue weighted by Crippen LogP contribution is 2.25. The van der Waals surface area contributed by atoms with Gasteiger partial charge in [0.2, 0.25) is 0 Å². The fourth-order valence-corrected chi connectivity index (χ4v) is 2.11. The van der Waals surface area contributed by atoms with Crippen LogP contribution in [0.4, 0.5) is 10.2 Å². The molecule has 0 radical (unpaired) electrons. The Morgan fingerprint density at radius 3 is 2.90 bits per heavy atom. The van der Waals surface area contributed by atoms with Gasteiger partial charge in [0, 0.05) is 0 Å². The van der Waals surface area contributed by atoms with Crippen LogP contribution in [0.2, 0.25) is 0 Å². The summed E-state index contributed by atoms with van der Waals surface area (Å²) in [5.41, 5.74) is 2.10. The van der Waals surface area contributed by atoms with Crippen molar-refractivity contribution in [2.75, 3.05) is 12.4 Å². The number of fused-ring (bicyclic) bond motifs is 1. The van der Waals surface area contributed by atoms with Gasteiger partial charge in [0.1, 0.15) is 11.8 Å². The van der Waals surface area contributed by atoms with Gasteiger partial charge in [-0.15, -0.1) is 0 Å². The summed E-state index contributed by atoms with van der Waals surface area (Å²) in [7, 11) is 1.44. The normalized spacial score (nSPS) is 12.3. The minimum Gasteiger partial charge on any atom is -0.494 e. The maximum Gasteiger partial charge on any atom is 0.182 e. The number of methoxy groups -OCH3 is 1. The lowest BCUT2D eigenvalue weighted by Gasteiger charge is -2.15. The van der Waals surface area contributed by atoms with Crippen molar-refractivity contribution in [3.05, 3.63) is 42.2 Å². The lowest BCUT2D eigenvalue weighted by molar-refractivity contribution is 0.386. The lowest BCUT2D eigenvalue weighted by Crippen LogP contribution is -2.09. The second-order valence-electron chi connectivity index (χ2n) is 4.58. The molecule has 0 aliphatic rings. The molecule has 7 heteroatoms. The van der Waals surface area contributed by atoms with Crippen molar-refractivity contribution >= 4 is 17.0 Å². The Labute approximate surface area is 120 Å². The molecule has 21 heavy (non-hydrogen) atoms. The highest BCUT2D eigenvalue weighted by molar-refractivity contribution is 5.82. The largest absolute Gasteiger partial charge is 0.494 e. The van der Waals surface area contributed by atoms with Crippen LogP contribution in [0.15, 0.2) is 30.9 Å². The van der Waals surface area contributed by atoms with Gasteiger partial charge in [-0.1, -0.05) is 6.07 Å². The van der Waals surface area contributed by atoms with E-state index in [2.05, 4.69) is 25.3 Å². The number of benzene rings is 1. The van der Waals surface area contributed by atoms with E-state index in [-0.39, 0.29) is 11.8 Å². The maximum absolute atomic E-state index is 13.8. The topological polar surface area (TPSA) is 75.7 Å². The molecule has 2 N–H and O–H groups in total. The second-order valence-corrected chi connectivity index (χ2v) is 4.58. The first kappa shape index (κ1) is 13.3. The van der Waals surface area contributed by atoms with Gasteiger partial charge >= 0.3 is 0 Å². The molecule has 108 valence electrons. The first-order valence-electron chi connectivity index (χ1n) is 6.43. The van der Waals surface area contributed by atoms with Gasteiger partial charge in [0.25, 0.3) is 0 Å². The molecule has 3 aromatic rings. The minimum absolute atomic E-state index is 0.133. The molecule has 0 fully saturated rings. The van der Waals surface area contributed by atoms with Gasteiger partial charge in [0.05, 0.1) is 19.5 Å². The van der Waals surface area contributed by atoms with E-state index in [1.807, 2.05) is 13.0 Å². The van der Waals surface area contributed by atoms with Gasteiger partial charge in [0.15, 0.2) is 23.0 Å². The van der Waals surface area contributed by atoms with Gasteiger partial charge < -0.3 is 15.0 Å². The van der Waals surface area contributed by atoms with Crippen molar-refractivity contribution < 1.29 is 9.13 Å². The Hall–Kier alpha value is -2.70. The fourth-order valence-electron chi connectivity index (χ4n) is 2.11. The number of halogens is 1. The van der Waals surface area contributed by atoms with Crippen LogP contribution in [0.3, 0.4) is 0 Å². The predicted octanol–water partition coefficient (Wildman–Crippen LogP) is 2.67. The van der Waals surface area contributed by atoms with Crippen molar-refractivity contribution in [2.24, 2.45) is 0 Å². The van der Waals surface area contributed by atoms with Crippen LogP contribution in [-0.4, -0.2) is 27.0 Å². The molecule has 1 aromatic carbocycles. The molecule has 6 nitrogen and oxygen atoms in total. The monoisotopic (exact) mass is 287 g/mol. The molecule has 0 saturated carbocycles. The number of anilines is 1. The van der Waals surface area contributed by atoms with Crippen LogP contribution in [0, 0.1) is 5.82 Å². The van der Waals surface area contributed by atoms with Crippen molar-refractivity contribution in [3.63, 3.8) is 0 Å². The van der Waals surface area contributed by atoms with Gasteiger partial charge in [-0.25, -0.2) is 19.3 Å². The molecule has 0 spiro atoms. The van der Waals surface area contributed by atoms with Gasteiger partial charge in [-0.2, -0.15) is 0 Å². The molecule has 0 saturated heterocycles. The number of nitrogens with zero attached hydrogens (tertiary/aromatic N) is 3. The predicted molar refractivity (Wildman–Crippen MR) is 76.7 cm³/mol. The number of aromatic amines is 1. The van der Waals surface area contributed by atoms with Gasteiger partial charge in [-0.05, 0) is 24.6 Å². The Bertz CT molecular complexity index is 773. The summed E-state index contributed by atoms with van der Waals surface area (Å²) in [5, 5.41) is 3.22. The molecule has 0 unspecified atom stereocenters. The Balaban J connectivity index is 1.87. The fraction of sp³-hybridized carbons (Fsp3) is 0.214. The molecule has 0 aliphatic carbocycles. The Morgan fingerprint density at radius 2 is 2.14 bits per heavy atom. The molecular weight excluding hydrogens is 273 g/mol. The third-order valence-electron chi connectivity index (χ3n) is 3.25. The highest BCUT2D eigenvalue weighted by atomic mass is 19.1. The summed E-state index contributed by atoms with van der Waals surface area (Å²) in [6.45, 7) is 1.92. The van der Waals surface area contributed by atoms with E-state index in [0.29, 0.717) is 11.5 Å². The number of ether oxygens (including phenoxy) is 1. The third-order valence-corrected chi connectivity index (χ3v) is 3.25. The Kier molecular flexibility index (Phi) is 3.39. The molecule has 3 rings (SSSR count). The smallest absolute Gasteiger partial charge is 0.182 e. The molecule has 0 amide bonds. The zero-order valence-electron chi connectivity index (χ0n) is 11.6. The molecule has 2 heterocycles. The van der Waals surface area contributed by atoms with Crippen molar-refractivity contribution in [1.29, 1.82) is 0 Å². The third kappa shape index (κ3) is 2.49. The van der Waals surface area contributed by atoms with Crippen LogP contribution in [0.1, 0.15) is 18.5 Å². The van der Waals surface area contributed by atoms with E-state index in [1.54, 1.807) is 12.4 Å². The van der Waals surface area contributed by atoms with E-state index in [4.69, 9.17) is 4.74 Å². The SMILES string of the molecule is COc1ccc([C@@H](C)Nc2ncnc3nc[nH]c23)cc1F. The average Bonchev–Trinajstić information content (AvgIpc) is 2.96. The second kappa shape index (κ2) is 5.35. The molecular formula is C14H14FN5O. The summed E-state index contributed by atoms with van der Waals surface area (Å²) in [6, 6.07) is 4.73. The number of aromatic nitrogens is 4. The summed E-state index contributed by atoms with van der Waals surface area (Å²) in [5.74, 6) is 0.461. The van der Waals surface area contributed by atoms with Crippen LogP contribution < -0.4 is 10.1 Å². The molecule has 0 aliphatic heterocycles. The molecule has 0 bridgehead atoms. The van der Waals surface area contributed by atoms with Crippen molar-refractivity contribution in [3.8, 4) is 5.75 Å². The maximum atomic E-state index is 13.8. The Morgan fingerprint density at radius 1 is 1.29 bits per heavy atom. The summed E-state index contributed by atoms with van der Waals surface area (Å²) < 4.78 is 18.7. The van der Waals surface area contributed by atoms with E-state index >= 15 is 0 Å². The number of H-pyrrole nitrogens is 1. The van der Waals surface area contributed by atoms with Crippen molar-refractivity contribution in [1.82, 2.24) is 19.9 Å². The van der Waals surface area contributed by atoms with Crippen molar-refractivity contribution in [2.45, 2.75) is 13.0 Å². The molecule has 1 atom stereocenters. The number of hydrogen-bond acceptors (Lipinski definition) is 5. The zero-order chi connectivity index (χ0) is 14.8. The first-order chi connectivity index (χ1) is 10.2. The first-order valence-corrected chi connectivity index (χ1v) is 6.43. The standard InChI is InChI=1S/C14H14FN5O/c1-8(9-3-4-11(21-2)10(15)5-9)20-14-12-13(17-6-16-12)18-7-19-14/h3-8H,1-2H3,(H2,16,17,18,19,20)/t8-/m1/s1. The number of imidazole rings is 1. The number of hydrogen-bond donors (Lipinski definition) is 2. The van der Waals surface area contributed by atoms with Crippen LogP contribution in [-0.2, 0) is 0 Å².